The van der Waals surface area contributed by atoms with Crippen molar-refractivity contribution < 1.29 is 5.11 Å². The van der Waals surface area contributed by atoms with Crippen molar-refractivity contribution in [3.8, 4) is 5.75 Å². The average molecular weight is 215 g/mol. The number of nitrogens with one attached hydrogen (secondary N) is 2. The van der Waals surface area contributed by atoms with Crippen molar-refractivity contribution in [3.63, 3.8) is 0 Å². The standard InChI is InChI=1S/C12H13N3O/c16-9-3-1-8(2-4-9)11-12-10(5-6-13-11)14-7-15-12/h1-4,7,11,13,16H,5-6H2,(H,14,15). The molecule has 1 aromatic heterocycles. The minimum absolute atomic E-state index is 0.135. The largest absolute Gasteiger partial charge is 0.508 e. The normalized spacial score (nSPS) is 19.4. The van der Waals surface area contributed by atoms with Gasteiger partial charge in [0.2, 0.25) is 0 Å². The molecule has 3 rings (SSSR count). The van der Waals surface area contributed by atoms with Crippen LogP contribution in [0.15, 0.2) is 30.6 Å². The van der Waals surface area contributed by atoms with Crippen molar-refractivity contribution in [2.45, 2.75) is 12.5 Å². The fourth-order valence-electron chi connectivity index (χ4n) is 2.16. The first kappa shape index (κ1) is 9.42. The lowest BCUT2D eigenvalue weighted by molar-refractivity contribution is 0.474. The van der Waals surface area contributed by atoms with Crippen LogP contribution in [0.5, 0.6) is 5.75 Å². The average Bonchev–Trinajstić information content (AvgIpc) is 2.78. The van der Waals surface area contributed by atoms with Crippen LogP contribution in [-0.2, 0) is 6.42 Å². The third kappa shape index (κ3) is 1.47. The zero-order valence-corrected chi connectivity index (χ0v) is 8.77. The molecule has 0 amide bonds. The zero-order chi connectivity index (χ0) is 11.0. The molecule has 4 heteroatoms. The number of phenols is 1. The van der Waals surface area contributed by atoms with E-state index >= 15 is 0 Å². The molecule has 0 spiro atoms. The summed E-state index contributed by atoms with van der Waals surface area (Å²) in [4.78, 5) is 7.52. The summed E-state index contributed by atoms with van der Waals surface area (Å²) in [5.74, 6) is 0.293. The molecule has 0 fully saturated rings. The minimum atomic E-state index is 0.135. The number of fused-ring (bicyclic) bond motifs is 1. The SMILES string of the molecule is Oc1ccc(C2NCCc3[nH]cnc32)cc1. The van der Waals surface area contributed by atoms with Crippen molar-refractivity contribution in [3.05, 3.63) is 47.5 Å². The molecule has 0 saturated heterocycles. The summed E-state index contributed by atoms with van der Waals surface area (Å²) >= 11 is 0. The number of nitrogens with zero attached hydrogens (tertiary/aromatic N) is 1. The van der Waals surface area contributed by atoms with Crippen LogP contribution in [0.4, 0.5) is 0 Å². The Hall–Kier alpha value is -1.81. The highest BCUT2D eigenvalue weighted by molar-refractivity contribution is 5.35. The molecule has 1 unspecified atom stereocenters. The van der Waals surface area contributed by atoms with Crippen LogP contribution in [0, 0.1) is 0 Å². The van der Waals surface area contributed by atoms with E-state index in [-0.39, 0.29) is 6.04 Å². The Morgan fingerprint density at radius 3 is 2.88 bits per heavy atom. The Kier molecular flexibility index (Phi) is 2.15. The number of phenolic OH excluding ortho intramolecular Hbond substituents is 1. The van der Waals surface area contributed by atoms with Gasteiger partial charge in [0.1, 0.15) is 5.75 Å². The van der Waals surface area contributed by atoms with E-state index in [1.165, 1.54) is 5.69 Å². The summed E-state index contributed by atoms with van der Waals surface area (Å²) in [7, 11) is 0. The molecule has 1 atom stereocenters. The molecule has 16 heavy (non-hydrogen) atoms. The molecule has 1 aromatic carbocycles. The molecule has 2 aromatic rings. The summed E-state index contributed by atoms with van der Waals surface area (Å²) in [6, 6.07) is 7.40. The lowest BCUT2D eigenvalue weighted by Crippen LogP contribution is -2.30. The van der Waals surface area contributed by atoms with Crippen molar-refractivity contribution >= 4 is 0 Å². The van der Waals surface area contributed by atoms with Gasteiger partial charge in [-0.3, -0.25) is 0 Å². The number of aromatic hydroxyl groups is 1. The molecule has 2 heterocycles. The van der Waals surface area contributed by atoms with Crippen LogP contribution in [0.2, 0.25) is 0 Å². The fraction of sp³-hybridized carbons (Fsp3) is 0.250. The van der Waals surface area contributed by atoms with Gasteiger partial charge < -0.3 is 15.4 Å². The predicted octanol–water partition coefficient (Wildman–Crippen LogP) is 1.35. The number of rotatable bonds is 1. The van der Waals surface area contributed by atoms with Crippen LogP contribution < -0.4 is 5.32 Å². The van der Waals surface area contributed by atoms with Gasteiger partial charge in [0, 0.05) is 18.7 Å². The summed E-state index contributed by atoms with van der Waals surface area (Å²) in [5.41, 5.74) is 3.40. The van der Waals surface area contributed by atoms with E-state index in [9.17, 15) is 5.11 Å². The number of imidazole rings is 1. The Balaban J connectivity index is 2.00. The maximum Gasteiger partial charge on any atom is 0.115 e. The number of benzene rings is 1. The summed E-state index contributed by atoms with van der Waals surface area (Å²) in [6.45, 7) is 0.945. The van der Waals surface area contributed by atoms with E-state index < -0.39 is 0 Å². The van der Waals surface area contributed by atoms with E-state index in [0.29, 0.717) is 5.75 Å². The second-order valence-electron chi connectivity index (χ2n) is 3.99. The minimum Gasteiger partial charge on any atom is -0.508 e. The van der Waals surface area contributed by atoms with Gasteiger partial charge >= 0.3 is 0 Å². The summed E-state index contributed by atoms with van der Waals surface area (Å²) in [5, 5.41) is 12.7. The van der Waals surface area contributed by atoms with E-state index in [1.54, 1.807) is 18.5 Å². The van der Waals surface area contributed by atoms with Gasteiger partial charge in [-0.2, -0.15) is 0 Å². The van der Waals surface area contributed by atoms with Gasteiger partial charge in [-0.15, -0.1) is 0 Å². The maximum atomic E-state index is 9.27. The third-order valence-corrected chi connectivity index (χ3v) is 2.97. The number of hydrogen-bond acceptors (Lipinski definition) is 3. The van der Waals surface area contributed by atoms with Gasteiger partial charge in [0.05, 0.1) is 18.1 Å². The molecule has 0 radical (unpaired) electrons. The van der Waals surface area contributed by atoms with Gasteiger partial charge in [-0.25, -0.2) is 4.98 Å². The number of hydrogen-bond donors (Lipinski definition) is 3. The highest BCUT2D eigenvalue weighted by atomic mass is 16.3. The van der Waals surface area contributed by atoms with Crippen molar-refractivity contribution in [1.82, 2.24) is 15.3 Å². The molecule has 3 N–H and O–H groups in total. The molecular weight excluding hydrogens is 202 g/mol. The topological polar surface area (TPSA) is 60.9 Å². The Labute approximate surface area is 93.4 Å². The van der Waals surface area contributed by atoms with Crippen molar-refractivity contribution in [2.24, 2.45) is 0 Å². The molecule has 1 aliphatic rings. The number of aromatic nitrogens is 2. The maximum absolute atomic E-state index is 9.27. The van der Waals surface area contributed by atoms with Crippen molar-refractivity contribution in [1.29, 1.82) is 0 Å². The molecule has 1 aliphatic heterocycles. The van der Waals surface area contributed by atoms with Crippen LogP contribution in [0.1, 0.15) is 23.0 Å². The molecule has 0 saturated carbocycles. The van der Waals surface area contributed by atoms with E-state index in [4.69, 9.17) is 0 Å². The van der Waals surface area contributed by atoms with Gasteiger partial charge in [0.25, 0.3) is 0 Å². The Morgan fingerprint density at radius 1 is 1.25 bits per heavy atom. The molecule has 82 valence electrons. The second kappa shape index (κ2) is 3.64. The zero-order valence-electron chi connectivity index (χ0n) is 8.77. The monoisotopic (exact) mass is 215 g/mol. The highest BCUT2D eigenvalue weighted by Gasteiger charge is 2.23. The Bertz CT molecular complexity index is 489. The fourth-order valence-corrected chi connectivity index (χ4v) is 2.16. The highest BCUT2D eigenvalue weighted by Crippen LogP contribution is 2.26. The second-order valence-corrected chi connectivity index (χ2v) is 3.99. The third-order valence-electron chi connectivity index (χ3n) is 2.97. The van der Waals surface area contributed by atoms with E-state index in [2.05, 4.69) is 15.3 Å². The van der Waals surface area contributed by atoms with Gasteiger partial charge in [-0.1, -0.05) is 12.1 Å². The molecule has 0 aliphatic carbocycles. The lowest BCUT2D eigenvalue weighted by Gasteiger charge is -2.23. The summed E-state index contributed by atoms with van der Waals surface area (Å²) in [6.07, 6.45) is 2.73. The van der Waals surface area contributed by atoms with Gasteiger partial charge in [-0.05, 0) is 17.7 Å². The molecular formula is C12H13N3O. The van der Waals surface area contributed by atoms with E-state index in [0.717, 1.165) is 24.2 Å². The quantitative estimate of drug-likeness (QED) is 0.673. The van der Waals surface area contributed by atoms with E-state index in [1.807, 2.05) is 12.1 Å². The molecule has 4 nitrogen and oxygen atoms in total. The molecule has 0 bridgehead atoms. The first-order valence-corrected chi connectivity index (χ1v) is 5.39. The predicted molar refractivity (Wildman–Crippen MR) is 60.2 cm³/mol. The van der Waals surface area contributed by atoms with Gasteiger partial charge in [0.15, 0.2) is 0 Å². The smallest absolute Gasteiger partial charge is 0.115 e. The van der Waals surface area contributed by atoms with Crippen LogP contribution in [-0.4, -0.2) is 21.6 Å². The van der Waals surface area contributed by atoms with Crippen LogP contribution in [0.25, 0.3) is 0 Å². The number of aromatic amines is 1. The van der Waals surface area contributed by atoms with Crippen molar-refractivity contribution in [2.75, 3.05) is 6.54 Å². The van der Waals surface area contributed by atoms with Crippen LogP contribution >= 0.6 is 0 Å². The lowest BCUT2D eigenvalue weighted by atomic mass is 9.98. The van der Waals surface area contributed by atoms with Crippen LogP contribution in [0.3, 0.4) is 0 Å². The summed E-state index contributed by atoms with van der Waals surface area (Å²) < 4.78 is 0. The Morgan fingerprint density at radius 2 is 2.06 bits per heavy atom. The number of H-pyrrole nitrogens is 1. The first-order chi connectivity index (χ1) is 7.84. The first-order valence-electron chi connectivity index (χ1n) is 5.39.